The van der Waals surface area contributed by atoms with E-state index in [0.717, 1.165) is 16.6 Å². The lowest BCUT2D eigenvalue weighted by Gasteiger charge is -2.16. The summed E-state index contributed by atoms with van der Waals surface area (Å²) >= 11 is 5.40. The number of nitrogens with one attached hydrogen (secondary N) is 1. The molecule has 2 aromatic heterocycles. The molecule has 0 fully saturated rings. The number of likely N-dealkylation sites (N-methyl/N-ethyl adjacent to an activating group) is 1. The molecule has 0 spiro atoms. The van der Waals surface area contributed by atoms with Crippen LogP contribution < -0.4 is 5.32 Å². The molecule has 0 aliphatic rings. The van der Waals surface area contributed by atoms with E-state index in [1.54, 1.807) is 11.3 Å². The SMILES string of the molecule is CNC(Cc1csc2ccccc12)c1ncccc1Br. The summed E-state index contributed by atoms with van der Waals surface area (Å²) in [6, 6.07) is 12.8. The molecule has 20 heavy (non-hydrogen) atoms. The van der Waals surface area contributed by atoms with E-state index in [1.165, 1.54) is 15.6 Å². The van der Waals surface area contributed by atoms with Gasteiger partial charge in [0.25, 0.3) is 0 Å². The highest BCUT2D eigenvalue weighted by molar-refractivity contribution is 9.10. The molecule has 3 aromatic rings. The van der Waals surface area contributed by atoms with Crippen molar-refractivity contribution in [1.29, 1.82) is 0 Å². The standard InChI is InChI=1S/C16H15BrN2S/c1-18-14(16-13(17)6-4-8-19-16)9-11-10-20-15-7-3-2-5-12(11)15/h2-8,10,14,18H,9H2,1H3. The first kappa shape index (κ1) is 13.7. The van der Waals surface area contributed by atoms with Crippen LogP contribution in [0.25, 0.3) is 10.1 Å². The summed E-state index contributed by atoms with van der Waals surface area (Å²) < 4.78 is 2.40. The zero-order chi connectivity index (χ0) is 13.9. The Kier molecular flexibility index (Phi) is 4.15. The lowest BCUT2D eigenvalue weighted by molar-refractivity contribution is 0.575. The van der Waals surface area contributed by atoms with E-state index >= 15 is 0 Å². The number of nitrogens with zero attached hydrogens (tertiary/aromatic N) is 1. The number of rotatable bonds is 4. The van der Waals surface area contributed by atoms with Gasteiger partial charge in [0, 0.05) is 15.4 Å². The van der Waals surface area contributed by atoms with Gasteiger partial charge in [-0.05, 0) is 63.9 Å². The van der Waals surface area contributed by atoms with Crippen LogP contribution in [0.3, 0.4) is 0 Å². The second-order valence-corrected chi connectivity index (χ2v) is 6.44. The van der Waals surface area contributed by atoms with Crippen LogP contribution in [-0.4, -0.2) is 12.0 Å². The Labute approximate surface area is 131 Å². The Morgan fingerprint density at radius 2 is 2.10 bits per heavy atom. The molecule has 2 heterocycles. The minimum absolute atomic E-state index is 0.212. The summed E-state index contributed by atoms with van der Waals surface area (Å²) in [6.07, 6.45) is 2.78. The summed E-state index contributed by atoms with van der Waals surface area (Å²) in [5.41, 5.74) is 2.44. The van der Waals surface area contributed by atoms with Gasteiger partial charge in [0.1, 0.15) is 0 Å². The Morgan fingerprint density at radius 1 is 1.25 bits per heavy atom. The molecular weight excluding hydrogens is 332 g/mol. The van der Waals surface area contributed by atoms with Crippen molar-refractivity contribution in [2.75, 3.05) is 7.05 Å². The van der Waals surface area contributed by atoms with Gasteiger partial charge in [-0.2, -0.15) is 0 Å². The zero-order valence-electron chi connectivity index (χ0n) is 11.1. The molecule has 0 aliphatic heterocycles. The third kappa shape index (κ3) is 2.64. The molecule has 2 nitrogen and oxygen atoms in total. The van der Waals surface area contributed by atoms with E-state index in [0.29, 0.717) is 0 Å². The first-order valence-electron chi connectivity index (χ1n) is 6.52. The molecule has 3 rings (SSSR count). The number of halogens is 1. The average Bonchev–Trinajstić information content (AvgIpc) is 2.89. The van der Waals surface area contributed by atoms with Crippen molar-refractivity contribution >= 4 is 37.4 Å². The molecule has 0 saturated heterocycles. The first-order valence-corrected chi connectivity index (χ1v) is 8.19. The molecule has 1 unspecified atom stereocenters. The van der Waals surface area contributed by atoms with Crippen LogP contribution in [-0.2, 0) is 6.42 Å². The van der Waals surface area contributed by atoms with Crippen molar-refractivity contribution in [3.63, 3.8) is 0 Å². The van der Waals surface area contributed by atoms with Gasteiger partial charge >= 0.3 is 0 Å². The molecule has 1 aromatic carbocycles. The number of benzene rings is 1. The molecule has 0 aliphatic carbocycles. The molecule has 0 radical (unpaired) electrons. The fourth-order valence-electron chi connectivity index (χ4n) is 2.40. The predicted molar refractivity (Wildman–Crippen MR) is 89.3 cm³/mol. The van der Waals surface area contributed by atoms with E-state index < -0.39 is 0 Å². The van der Waals surface area contributed by atoms with Gasteiger partial charge in [-0.1, -0.05) is 18.2 Å². The minimum Gasteiger partial charge on any atom is -0.311 e. The van der Waals surface area contributed by atoms with E-state index in [1.807, 2.05) is 25.4 Å². The molecule has 4 heteroatoms. The van der Waals surface area contributed by atoms with Crippen LogP contribution in [0.2, 0.25) is 0 Å². The second kappa shape index (κ2) is 6.04. The zero-order valence-corrected chi connectivity index (χ0v) is 13.5. The van der Waals surface area contributed by atoms with Crippen molar-refractivity contribution in [3.05, 3.63) is 63.7 Å². The van der Waals surface area contributed by atoms with Gasteiger partial charge in [-0.25, -0.2) is 0 Å². The third-order valence-electron chi connectivity index (χ3n) is 3.45. The molecule has 1 atom stereocenters. The van der Waals surface area contributed by atoms with Gasteiger partial charge in [0.2, 0.25) is 0 Å². The smallest absolute Gasteiger partial charge is 0.0718 e. The topological polar surface area (TPSA) is 24.9 Å². The van der Waals surface area contributed by atoms with Gasteiger partial charge in [0.15, 0.2) is 0 Å². The summed E-state index contributed by atoms with van der Waals surface area (Å²) in [5, 5.41) is 6.98. The average molecular weight is 347 g/mol. The first-order chi connectivity index (χ1) is 9.79. The van der Waals surface area contributed by atoms with Crippen LogP contribution in [0.1, 0.15) is 17.3 Å². The van der Waals surface area contributed by atoms with E-state index in [9.17, 15) is 0 Å². The van der Waals surface area contributed by atoms with Crippen molar-refractivity contribution in [3.8, 4) is 0 Å². The van der Waals surface area contributed by atoms with Crippen molar-refractivity contribution < 1.29 is 0 Å². The number of hydrogen-bond acceptors (Lipinski definition) is 3. The number of thiophene rings is 1. The fourth-order valence-corrected chi connectivity index (χ4v) is 3.91. The lowest BCUT2D eigenvalue weighted by Crippen LogP contribution is -2.20. The molecule has 102 valence electrons. The van der Waals surface area contributed by atoms with Crippen molar-refractivity contribution in [1.82, 2.24) is 10.3 Å². The van der Waals surface area contributed by atoms with Gasteiger partial charge < -0.3 is 5.32 Å². The summed E-state index contributed by atoms with van der Waals surface area (Å²) in [4.78, 5) is 4.50. The molecule has 0 bridgehead atoms. The largest absolute Gasteiger partial charge is 0.311 e. The highest BCUT2D eigenvalue weighted by Crippen LogP contribution is 2.30. The van der Waals surface area contributed by atoms with E-state index in [2.05, 4.69) is 55.9 Å². The molecule has 0 saturated carbocycles. The maximum Gasteiger partial charge on any atom is 0.0718 e. The van der Waals surface area contributed by atoms with E-state index in [4.69, 9.17) is 0 Å². The second-order valence-electron chi connectivity index (χ2n) is 4.67. The Hall–Kier alpha value is -1.23. The Bertz CT molecular complexity index is 723. The minimum atomic E-state index is 0.212. The maximum atomic E-state index is 4.50. The van der Waals surface area contributed by atoms with Crippen LogP contribution in [0, 0.1) is 0 Å². The highest BCUT2D eigenvalue weighted by atomic mass is 79.9. The van der Waals surface area contributed by atoms with Crippen LogP contribution >= 0.6 is 27.3 Å². The molecule has 1 N–H and O–H groups in total. The predicted octanol–water partition coefficient (Wildman–Crippen LogP) is 4.56. The summed E-state index contributed by atoms with van der Waals surface area (Å²) in [5.74, 6) is 0. The quantitative estimate of drug-likeness (QED) is 0.748. The van der Waals surface area contributed by atoms with Crippen LogP contribution in [0.5, 0.6) is 0 Å². The number of pyridine rings is 1. The van der Waals surface area contributed by atoms with E-state index in [-0.39, 0.29) is 6.04 Å². The number of aromatic nitrogens is 1. The van der Waals surface area contributed by atoms with Crippen LogP contribution in [0.4, 0.5) is 0 Å². The maximum absolute atomic E-state index is 4.50. The van der Waals surface area contributed by atoms with Gasteiger partial charge in [-0.15, -0.1) is 11.3 Å². The normalized spacial score (nSPS) is 12.7. The van der Waals surface area contributed by atoms with Gasteiger partial charge in [0.05, 0.1) is 11.7 Å². The molecule has 0 amide bonds. The Balaban J connectivity index is 1.94. The number of hydrogen-bond donors (Lipinski definition) is 1. The monoisotopic (exact) mass is 346 g/mol. The Morgan fingerprint density at radius 3 is 2.90 bits per heavy atom. The fraction of sp³-hybridized carbons (Fsp3) is 0.188. The van der Waals surface area contributed by atoms with Crippen molar-refractivity contribution in [2.24, 2.45) is 0 Å². The molecular formula is C16H15BrN2S. The van der Waals surface area contributed by atoms with Crippen LogP contribution in [0.15, 0.2) is 52.4 Å². The van der Waals surface area contributed by atoms with Crippen molar-refractivity contribution in [2.45, 2.75) is 12.5 Å². The van der Waals surface area contributed by atoms with Gasteiger partial charge in [-0.3, -0.25) is 4.98 Å². The third-order valence-corrected chi connectivity index (χ3v) is 5.13. The number of fused-ring (bicyclic) bond motifs is 1. The highest BCUT2D eigenvalue weighted by Gasteiger charge is 2.16. The summed E-state index contributed by atoms with van der Waals surface area (Å²) in [6.45, 7) is 0. The lowest BCUT2D eigenvalue weighted by atomic mass is 10.0. The summed E-state index contributed by atoms with van der Waals surface area (Å²) in [7, 11) is 1.99.